The fourth-order valence-electron chi connectivity index (χ4n) is 2.59. The van der Waals surface area contributed by atoms with E-state index >= 15 is 0 Å². The number of nitrogens with one attached hydrogen (secondary N) is 3. The summed E-state index contributed by atoms with van der Waals surface area (Å²) in [6, 6.07) is -5.95. The van der Waals surface area contributed by atoms with Crippen LogP contribution in [-0.4, -0.2) is 94.2 Å². The molecule has 4 amide bonds. The van der Waals surface area contributed by atoms with Crippen LogP contribution in [-0.2, 0) is 28.8 Å². The zero-order valence-electron chi connectivity index (χ0n) is 18.8. The van der Waals surface area contributed by atoms with Gasteiger partial charge in [0.15, 0.2) is 5.96 Å². The first-order valence-electron chi connectivity index (χ1n) is 10.3. The summed E-state index contributed by atoms with van der Waals surface area (Å²) >= 11 is 0. The van der Waals surface area contributed by atoms with Crippen molar-refractivity contribution in [2.45, 2.75) is 56.3 Å². The Bertz CT molecular complexity index is 816. The fourth-order valence-corrected chi connectivity index (χ4v) is 2.59. The van der Waals surface area contributed by atoms with Crippen molar-refractivity contribution in [1.29, 1.82) is 0 Å². The average molecular weight is 505 g/mol. The molecule has 0 heterocycles. The monoisotopic (exact) mass is 504 g/mol. The van der Waals surface area contributed by atoms with Gasteiger partial charge in [-0.3, -0.25) is 29.0 Å². The molecular weight excluding hydrogens is 472 g/mol. The molecule has 14 N–H and O–H groups in total. The molecule has 35 heavy (non-hydrogen) atoms. The number of hydrogen-bond acceptors (Lipinski definition) is 9. The number of aliphatic hydroxyl groups excluding tert-OH is 1. The van der Waals surface area contributed by atoms with Crippen molar-refractivity contribution in [1.82, 2.24) is 16.0 Å². The average Bonchev–Trinajstić information content (AvgIpc) is 2.76. The van der Waals surface area contributed by atoms with Crippen LogP contribution in [0.1, 0.15) is 32.1 Å². The van der Waals surface area contributed by atoms with E-state index in [1.807, 2.05) is 5.32 Å². The van der Waals surface area contributed by atoms with Crippen molar-refractivity contribution in [3.05, 3.63) is 0 Å². The van der Waals surface area contributed by atoms with E-state index in [1.54, 1.807) is 0 Å². The zero-order valence-corrected chi connectivity index (χ0v) is 18.8. The summed E-state index contributed by atoms with van der Waals surface area (Å²) in [7, 11) is 0. The van der Waals surface area contributed by atoms with Crippen LogP contribution >= 0.6 is 0 Å². The Morgan fingerprint density at radius 2 is 1.34 bits per heavy atom. The molecule has 0 aliphatic rings. The van der Waals surface area contributed by atoms with Gasteiger partial charge in [-0.25, -0.2) is 4.79 Å². The number of rotatable bonds is 17. The standard InChI is InChI=1S/C18H32N8O9/c19-8(3-4-12(20)28)14(31)26-11(7-27)16(33)24-9(2-1-5-23-18(21)22)15(32)25-10(17(34)35)6-13(29)30/h8-11,27H,1-7,19H2,(H2,20,28)(H,24,33)(H,25,32)(H,26,31)(H,29,30)(H,34,35)(H4,21,22,23). The molecule has 198 valence electrons. The molecule has 0 rings (SSSR count). The van der Waals surface area contributed by atoms with E-state index in [9.17, 15) is 33.9 Å². The molecule has 0 saturated heterocycles. The van der Waals surface area contributed by atoms with Crippen molar-refractivity contribution in [2.24, 2.45) is 27.9 Å². The molecule has 17 heteroatoms. The van der Waals surface area contributed by atoms with Crippen molar-refractivity contribution < 1.29 is 44.1 Å². The van der Waals surface area contributed by atoms with E-state index in [1.165, 1.54) is 0 Å². The first kappa shape index (κ1) is 31.0. The van der Waals surface area contributed by atoms with Gasteiger partial charge >= 0.3 is 11.9 Å². The number of guanidine groups is 1. The molecule has 0 aromatic carbocycles. The molecule has 0 saturated carbocycles. The second kappa shape index (κ2) is 15.8. The molecular formula is C18H32N8O9. The third-order valence-electron chi connectivity index (χ3n) is 4.43. The molecule has 0 fully saturated rings. The molecule has 0 radical (unpaired) electrons. The van der Waals surface area contributed by atoms with Crippen LogP contribution in [0.15, 0.2) is 4.99 Å². The lowest BCUT2D eigenvalue weighted by atomic mass is 10.1. The van der Waals surface area contributed by atoms with Gasteiger partial charge in [0, 0.05) is 13.0 Å². The van der Waals surface area contributed by atoms with E-state index in [4.69, 9.17) is 33.1 Å². The van der Waals surface area contributed by atoms with Gasteiger partial charge < -0.3 is 54.2 Å². The predicted molar refractivity (Wildman–Crippen MR) is 119 cm³/mol. The number of aliphatic hydroxyl groups is 1. The minimum atomic E-state index is -1.78. The number of carbonyl (C=O) groups is 6. The Morgan fingerprint density at radius 3 is 1.83 bits per heavy atom. The fraction of sp³-hybridized carbons (Fsp3) is 0.611. The van der Waals surface area contributed by atoms with E-state index in [-0.39, 0.29) is 38.2 Å². The SMILES string of the molecule is NC(=O)CCC(N)C(=O)NC(CO)C(=O)NC(CCCN=C(N)N)C(=O)NC(CC(=O)O)C(=O)O. The minimum absolute atomic E-state index is 0.0500. The van der Waals surface area contributed by atoms with Gasteiger partial charge in [0.05, 0.1) is 19.1 Å². The number of amides is 4. The number of hydrogen-bond donors (Lipinski definition) is 10. The smallest absolute Gasteiger partial charge is 0.326 e. The third kappa shape index (κ3) is 13.3. The Morgan fingerprint density at radius 1 is 0.800 bits per heavy atom. The predicted octanol–water partition coefficient (Wildman–Crippen LogP) is -5.36. The first-order chi connectivity index (χ1) is 16.3. The lowest BCUT2D eigenvalue weighted by Crippen LogP contribution is -2.58. The molecule has 17 nitrogen and oxygen atoms in total. The van der Waals surface area contributed by atoms with Gasteiger partial charge in [0.2, 0.25) is 23.6 Å². The maximum atomic E-state index is 12.6. The largest absolute Gasteiger partial charge is 0.481 e. The molecule has 4 unspecified atom stereocenters. The Balaban J connectivity index is 5.40. The number of nitrogens with two attached hydrogens (primary N) is 4. The molecule has 0 aliphatic carbocycles. The van der Waals surface area contributed by atoms with Crippen LogP contribution < -0.4 is 38.9 Å². The Hall–Kier alpha value is -3.99. The van der Waals surface area contributed by atoms with E-state index in [2.05, 4.69) is 15.6 Å². The summed E-state index contributed by atoms with van der Waals surface area (Å²) < 4.78 is 0. The quantitative estimate of drug-likeness (QED) is 0.0504. The number of carbonyl (C=O) groups excluding carboxylic acids is 4. The number of aliphatic carboxylic acids is 2. The highest BCUT2D eigenvalue weighted by Crippen LogP contribution is 2.03. The van der Waals surface area contributed by atoms with Crippen molar-refractivity contribution in [3.63, 3.8) is 0 Å². The minimum Gasteiger partial charge on any atom is -0.481 e. The van der Waals surface area contributed by atoms with Crippen LogP contribution in [0.5, 0.6) is 0 Å². The van der Waals surface area contributed by atoms with Crippen LogP contribution in [0.25, 0.3) is 0 Å². The number of carboxylic acids is 2. The Kier molecular flexibility index (Phi) is 14.0. The maximum Gasteiger partial charge on any atom is 0.326 e. The highest BCUT2D eigenvalue weighted by molar-refractivity contribution is 5.94. The van der Waals surface area contributed by atoms with Gasteiger partial charge in [-0.15, -0.1) is 0 Å². The van der Waals surface area contributed by atoms with Crippen molar-refractivity contribution >= 4 is 41.5 Å². The number of nitrogens with zero attached hydrogens (tertiary/aromatic N) is 1. The lowest BCUT2D eigenvalue weighted by molar-refractivity contribution is -0.147. The first-order valence-corrected chi connectivity index (χ1v) is 10.3. The van der Waals surface area contributed by atoms with Crippen LogP contribution in [0, 0.1) is 0 Å². The van der Waals surface area contributed by atoms with E-state index in [0.29, 0.717) is 0 Å². The summed E-state index contributed by atoms with van der Waals surface area (Å²) in [4.78, 5) is 74.0. The van der Waals surface area contributed by atoms with Crippen LogP contribution in [0.2, 0.25) is 0 Å². The van der Waals surface area contributed by atoms with Gasteiger partial charge in [-0.2, -0.15) is 0 Å². The van der Waals surface area contributed by atoms with Gasteiger partial charge in [-0.05, 0) is 19.3 Å². The van der Waals surface area contributed by atoms with Gasteiger partial charge in [0.25, 0.3) is 0 Å². The molecule has 0 aromatic rings. The second-order valence-electron chi connectivity index (χ2n) is 7.36. The van der Waals surface area contributed by atoms with Gasteiger partial charge in [0.1, 0.15) is 18.1 Å². The van der Waals surface area contributed by atoms with Crippen LogP contribution in [0.4, 0.5) is 0 Å². The zero-order chi connectivity index (χ0) is 27.1. The molecule has 4 atom stereocenters. The third-order valence-corrected chi connectivity index (χ3v) is 4.43. The molecule has 0 aromatic heterocycles. The topological polar surface area (TPSA) is 316 Å². The summed E-state index contributed by atoms with van der Waals surface area (Å²) in [5.74, 6) is -6.94. The molecule has 0 spiro atoms. The second-order valence-corrected chi connectivity index (χ2v) is 7.36. The highest BCUT2D eigenvalue weighted by Gasteiger charge is 2.30. The summed E-state index contributed by atoms with van der Waals surface area (Å²) in [5.41, 5.74) is 21.0. The Labute approximate surface area is 199 Å². The number of carboxylic acid groups (broad SMARTS) is 2. The van der Waals surface area contributed by atoms with E-state index in [0.717, 1.165) is 0 Å². The molecule has 0 aliphatic heterocycles. The summed E-state index contributed by atoms with van der Waals surface area (Å²) in [6.07, 6.45) is -1.20. The summed E-state index contributed by atoms with van der Waals surface area (Å²) in [6.45, 7) is -0.840. The lowest BCUT2D eigenvalue weighted by Gasteiger charge is -2.24. The normalized spacial score (nSPS) is 13.9. The van der Waals surface area contributed by atoms with Gasteiger partial charge in [-0.1, -0.05) is 0 Å². The van der Waals surface area contributed by atoms with E-state index < -0.39 is 72.8 Å². The van der Waals surface area contributed by atoms with Crippen molar-refractivity contribution in [2.75, 3.05) is 13.2 Å². The molecule has 0 bridgehead atoms. The van der Waals surface area contributed by atoms with Crippen LogP contribution in [0.3, 0.4) is 0 Å². The number of aliphatic imine (C=N–C) groups is 1. The van der Waals surface area contributed by atoms with Crippen molar-refractivity contribution in [3.8, 4) is 0 Å². The summed E-state index contributed by atoms with van der Waals surface area (Å²) in [5, 5.41) is 33.9. The maximum absolute atomic E-state index is 12.6. The number of primary amides is 1. The highest BCUT2D eigenvalue weighted by atomic mass is 16.4.